The Morgan fingerprint density at radius 2 is 2.19 bits per heavy atom. The van der Waals surface area contributed by atoms with E-state index in [1.54, 1.807) is 12.1 Å². The van der Waals surface area contributed by atoms with Crippen LogP contribution in [0.4, 0.5) is 4.39 Å². The van der Waals surface area contributed by atoms with Crippen molar-refractivity contribution in [2.24, 2.45) is 5.92 Å². The third-order valence-corrected chi connectivity index (χ3v) is 4.82. The van der Waals surface area contributed by atoms with E-state index in [4.69, 9.17) is 0 Å². The van der Waals surface area contributed by atoms with Crippen molar-refractivity contribution in [1.82, 2.24) is 10.2 Å². The van der Waals surface area contributed by atoms with Crippen LogP contribution in [0.5, 0.6) is 0 Å². The standard InChI is InChI=1S/C17H26BrFN2/c1-4-5-15-11-21(17(9-20-15)12(2)3)10-13-8-14(18)6-7-16(13)19/h6-8,12,15,17,20H,4-5,9-11H2,1-3H3. The Bertz CT molecular complexity index is 464. The summed E-state index contributed by atoms with van der Waals surface area (Å²) in [5.74, 6) is 0.460. The van der Waals surface area contributed by atoms with Crippen LogP contribution in [-0.2, 0) is 6.54 Å². The van der Waals surface area contributed by atoms with E-state index < -0.39 is 0 Å². The van der Waals surface area contributed by atoms with Gasteiger partial charge in [0.15, 0.2) is 0 Å². The Balaban J connectivity index is 2.13. The third kappa shape index (κ3) is 4.51. The monoisotopic (exact) mass is 356 g/mol. The summed E-state index contributed by atoms with van der Waals surface area (Å²) in [6.45, 7) is 9.40. The van der Waals surface area contributed by atoms with Gasteiger partial charge in [0.05, 0.1) is 0 Å². The van der Waals surface area contributed by atoms with Crippen LogP contribution in [0.25, 0.3) is 0 Å². The first-order valence-corrected chi connectivity index (χ1v) is 8.72. The molecule has 1 aliphatic heterocycles. The predicted octanol–water partition coefficient (Wildman–Crippen LogP) is 4.19. The van der Waals surface area contributed by atoms with Gasteiger partial charge in [-0.05, 0) is 30.5 Å². The van der Waals surface area contributed by atoms with Gasteiger partial charge in [-0.3, -0.25) is 4.90 Å². The van der Waals surface area contributed by atoms with Crippen LogP contribution in [0.1, 0.15) is 39.2 Å². The first-order chi connectivity index (χ1) is 10.0. The van der Waals surface area contributed by atoms with E-state index in [0.717, 1.165) is 23.1 Å². The number of benzene rings is 1. The summed E-state index contributed by atoms with van der Waals surface area (Å²) in [4.78, 5) is 2.45. The van der Waals surface area contributed by atoms with E-state index in [-0.39, 0.29) is 5.82 Å². The second-order valence-corrected chi connectivity index (χ2v) is 7.29. The first-order valence-electron chi connectivity index (χ1n) is 7.92. The minimum absolute atomic E-state index is 0.105. The van der Waals surface area contributed by atoms with Gasteiger partial charge in [-0.25, -0.2) is 4.39 Å². The molecule has 0 bridgehead atoms. The molecule has 0 radical (unpaired) electrons. The van der Waals surface area contributed by atoms with Gasteiger partial charge in [-0.2, -0.15) is 0 Å². The van der Waals surface area contributed by atoms with Crippen molar-refractivity contribution >= 4 is 15.9 Å². The lowest BCUT2D eigenvalue weighted by atomic mass is 9.96. The average molecular weight is 357 g/mol. The van der Waals surface area contributed by atoms with E-state index in [2.05, 4.69) is 46.9 Å². The molecule has 2 rings (SSSR count). The van der Waals surface area contributed by atoms with Gasteiger partial charge in [0, 0.05) is 41.8 Å². The van der Waals surface area contributed by atoms with Gasteiger partial charge in [0.1, 0.15) is 5.82 Å². The zero-order chi connectivity index (χ0) is 15.4. The fourth-order valence-electron chi connectivity index (χ4n) is 3.16. The molecule has 1 aliphatic rings. The van der Waals surface area contributed by atoms with Crippen LogP contribution in [0.2, 0.25) is 0 Å². The highest BCUT2D eigenvalue weighted by Crippen LogP contribution is 2.23. The second kappa shape index (κ2) is 7.70. The highest BCUT2D eigenvalue weighted by atomic mass is 79.9. The van der Waals surface area contributed by atoms with Crippen LogP contribution in [-0.4, -0.2) is 30.1 Å². The van der Waals surface area contributed by atoms with Crippen LogP contribution < -0.4 is 5.32 Å². The number of nitrogens with one attached hydrogen (secondary N) is 1. The molecule has 118 valence electrons. The SMILES string of the molecule is CCCC1CN(Cc2cc(Br)ccc2F)C(C(C)C)CN1. The molecular weight excluding hydrogens is 331 g/mol. The molecule has 0 amide bonds. The molecule has 1 aromatic rings. The third-order valence-electron chi connectivity index (χ3n) is 4.33. The Morgan fingerprint density at radius 1 is 1.43 bits per heavy atom. The number of rotatable bonds is 5. The number of hydrogen-bond donors (Lipinski definition) is 1. The Morgan fingerprint density at radius 3 is 2.86 bits per heavy atom. The van der Waals surface area contributed by atoms with Crippen molar-refractivity contribution in [1.29, 1.82) is 0 Å². The summed E-state index contributed by atoms with van der Waals surface area (Å²) >= 11 is 3.44. The number of hydrogen-bond acceptors (Lipinski definition) is 2. The molecule has 1 saturated heterocycles. The van der Waals surface area contributed by atoms with Crippen molar-refractivity contribution in [3.63, 3.8) is 0 Å². The Labute approximate surface area is 136 Å². The van der Waals surface area contributed by atoms with Gasteiger partial charge in [-0.15, -0.1) is 0 Å². The zero-order valence-electron chi connectivity index (χ0n) is 13.2. The molecule has 0 spiro atoms. The molecule has 1 fully saturated rings. The maximum Gasteiger partial charge on any atom is 0.127 e. The maximum atomic E-state index is 14.0. The van der Waals surface area contributed by atoms with Crippen LogP contribution in [0.3, 0.4) is 0 Å². The smallest absolute Gasteiger partial charge is 0.127 e. The van der Waals surface area contributed by atoms with Crippen molar-refractivity contribution in [2.45, 2.75) is 52.2 Å². The molecule has 2 unspecified atom stereocenters. The summed E-state index contributed by atoms with van der Waals surface area (Å²) in [5, 5.41) is 3.65. The lowest BCUT2D eigenvalue weighted by molar-refractivity contribution is 0.0874. The number of halogens is 2. The molecule has 1 heterocycles. The van der Waals surface area contributed by atoms with Crippen LogP contribution in [0, 0.1) is 11.7 Å². The Kier molecular flexibility index (Phi) is 6.20. The van der Waals surface area contributed by atoms with E-state index in [9.17, 15) is 4.39 Å². The topological polar surface area (TPSA) is 15.3 Å². The molecular formula is C17H26BrFN2. The van der Waals surface area contributed by atoms with Crippen molar-refractivity contribution < 1.29 is 4.39 Å². The minimum atomic E-state index is -0.105. The summed E-state index contributed by atoms with van der Waals surface area (Å²) in [6.07, 6.45) is 2.37. The van der Waals surface area contributed by atoms with Gasteiger partial charge in [0.25, 0.3) is 0 Å². The normalized spacial score (nSPS) is 23.7. The van der Waals surface area contributed by atoms with E-state index >= 15 is 0 Å². The predicted molar refractivity (Wildman–Crippen MR) is 89.8 cm³/mol. The highest BCUT2D eigenvalue weighted by molar-refractivity contribution is 9.10. The maximum absolute atomic E-state index is 14.0. The lowest BCUT2D eigenvalue weighted by Gasteiger charge is -2.42. The Hall–Kier alpha value is -0.450. The first kappa shape index (κ1) is 16.9. The van der Waals surface area contributed by atoms with E-state index in [1.807, 2.05) is 6.07 Å². The van der Waals surface area contributed by atoms with Gasteiger partial charge >= 0.3 is 0 Å². The van der Waals surface area contributed by atoms with Crippen molar-refractivity contribution in [3.05, 3.63) is 34.1 Å². The van der Waals surface area contributed by atoms with Gasteiger partial charge in [-0.1, -0.05) is 43.1 Å². The average Bonchev–Trinajstić information content (AvgIpc) is 2.43. The van der Waals surface area contributed by atoms with Crippen LogP contribution in [0.15, 0.2) is 22.7 Å². The summed E-state index contributed by atoms with van der Waals surface area (Å²) in [6, 6.07) is 6.21. The molecule has 21 heavy (non-hydrogen) atoms. The highest BCUT2D eigenvalue weighted by Gasteiger charge is 2.29. The molecule has 2 atom stereocenters. The molecule has 0 aliphatic carbocycles. The van der Waals surface area contributed by atoms with E-state index in [0.29, 0.717) is 24.5 Å². The largest absolute Gasteiger partial charge is 0.311 e. The molecule has 0 saturated carbocycles. The van der Waals surface area contributed by atoms with Gasteiger partial charge in [0.2, 0.25) is 0 Å². The quantitative estimate of drug-likeness (QED) is 0.850. The fraction of sp³-hybridized carbons (Fsp3) is 0.647. The van der Waals surface area contributed by atoms with Gasteiger partial charge < -0.3 is 5.32 Å². The summed E-state index contributed by atoms with van der Waals surface area (Å²) < 4.78 is 15.0. The van der Waals surface area contributed by atoms with Crippen molar-refractivity contribution in [3.8, 4) is 0 Å². The molecule has 2 nitrogen and oxygen atoms in total. The van der Waals surface area contributed by atoms with Crippen LogP contribution >= 0.6 is 15.9 Å². The number of nitrogens with zero attached hydrogens (tertiary/aromatic N) is 1. The fourth-order valence-corrected chi connectivity index (χ4v) is 3.57. The molecule has 0 aromatic heterocycles. The second-order valence-electron chi connectivity index (χ2n) is 6.37. The molecule has 1 N–H and O–H groups in total. The summed E-state index contributed by atoms with van der Waals surface area (Å²) in [5.41, 5.74) is 0.784. The summed E-state index contributed by atoms with van der Waals surface area (Å²) in [7, 11) is 0. The van der Waals surface area contributed by atoms with Crippen molar-refractivity contribution in [2.75, 3.05) is 13.1 Å². The number of piperazine rings is 1. The molecule has 4 heteroatoms. The van der Waals surface area contributed by atoms with E-state index in [1.165, 1.54) is 12.8 Å². The minimum Gasteiger partial charge on any atom is -0.311 e. The molecule has 1 aromatic carbocycles. The zero-order valence-corrected chi connectivity index (χ0v) is 14.8. The lowest BCUT2D eigenvalue weighted by Crippen LogP contribution is -2.57.